The molecule has 0 saturated carbocycles. The zero-order chi connectivity index (χ0) is 22.2. The molecule has 3 aromatic rings. The molecule has 0 unspecified atom stereocenters. The normalized spacial score (nSPS) is 10.7. The summed E-state index contributed by atoms with van der Waals surface area (Å²) in [5.41, 5.74) is 3.54. The molecule has 0 spiro atoms. The quantitative estimate of drug-likeness (QED) is 0.340. The molecule has 0 fully saturated rings. The summed E-state index contributed by atoms with van der Waals surface area (Å²) < 4.78 is 20.5. The van der Waals surface area contributed by atoms with E-state index in [4.69, 9.17) is 14.2 Å². The number of ether oxygens (including phenoxy) is 4. The van der Waals surface area contributed by atoms with Crippen LogP contribution in [0.3, 0.4) is 0 Å². The van der Waals surface area contributed by atoms with Crippen molar-refractivity contribution in [3.63, 3.8) is 0 Å². The lowest BCUT2D eigenvalue weighted by Gasteiger charge is -2.10. The van der Waals surface area contributed by atoms with Crippen LogP contribution in [0.5, 0.6) is 17.2 Å². The van der Waals surface area contributed by atoms with Crippen molar-refractivity contribution in [2.45, 2.75) is 0 Å². The second-order valence-corrected chi connectivity index (χ2v) is 6.37. The fourth-order valence-corrected chi connectivity index (χ4v) is 2.87. The maximum absolute atomic E-state index is 12.6. The van der Waals surface area contributed by atoms with Crippen molar-refractivity contribution >= 4 is 28.9 Å². The van der Waals surface area contributed by atoms with Gasteiger partial charge in [-0.1, -0.05) is 24.3 Å². The van der Waals surface area contributed by atoms with E-state index in [1.165, 1.54) is 27.5 Å². The van der Waals surface area contributed by atoms with Crippen LogP contribution in [0.15, 0.2) is 59.7 Å². The average molecular weight is 422 g/mol. The van der Waals surface area contributed by atoms with Crippen molar-refractivity contribution < 1.29 is 28.5 Å². The van der Waals surface area contributed by atoms with Crippen molar-refractivity contribution in [1.82, 2.24) is 5.43 Å². The van der Waals surface area contributed by atoms with Crippen molar-refractivity contribution in [2.75, 3.05) is 27.9 Å². The molecule has 8 heteroatoms. The van der Waals surface area contributed by atoms with Crippen LogP contribution in [0.2, 0.25) is 0 Å². The van der Waals surface area contributed by atoms with Crippen molar-refractivity contribution in [1.29, 1.82) is 0 Å². The van der Waals surface area contributed by atoms with Crippen LogP contribution >= 0.6 is 0 Å². The number of methoxy groups -OCH3 is 3. The Bertz CT molecular complexity index is 1130. The number of esters is 1. The molecule has 8 nitrogen and oxygen atoms in total. The number of hydrogen-bond acceptors (Lipinski definition) is 7. The third-order valence-electron chi connectivity index (χ3n) is 4.45. The number of rotatable bonds is 8. The highest BCUT2D eigenvalue weighted by Crippen LogP contribution is 2.28. The smallest absolute Gasteiger partial charge is 0.343 e. The van der Waals surface area contributed by atoms with Crippen molar-refractivity contribution in [3.05, 3.63) is 65.7 Å². The second-order valence-electron chi connectivity index (χ2n) is 6.37. The highest BCUT2D eigenvalue weighted by molar-refractivity contribution is 6.02. The van der Waals surface area contributed by atoms with Gasteiger partial charge in [-0.05, 0) is 46.7 Å². The Labute approximate surface area is 179 Å². The van der Waals surface area contributed by atoms with Crippen LogP contribution < -0.4 is 19.6 Å². The van der Waals surface area contributed by atoms with Crippen LogP contribution in [0.4, 0.5) is 0 Å². The summed E-state index contributed by atoms with van der Waals surface area (Å²) in [6.07, 6.45) is 1.47. The Morgan fingerprint density at radius 2 is 1.61 bits per heavy atom. The van der Waals surface area contributed by atoms with E-state index < -0.39 is 11.9 Å². The molecule has 0 atom stereocenters. The first-order chi connectivity index (χ1) is 15.0. The molecule has 160 valence electrons. The summed E-state index contributed by atoms with van der Waals surface area (Å²) >= 11 is 0. The number of benzene rings is 3. The van der Waals surface area contributed by atoms with Gasteiger partial charge in [-0.15, -0.1) is 0 Å². The van der Waals surface area contributed by atoms with Gasteiger partial charge in [-0.2, -0.15) is 5.10 Å². The SMILES string of the molecule is COC(=O)COc1ccc(/C=N\NC(=O)c2cc3ccccc3cc2OC)cc1OC. The van der Waals surface area contributed by atoms with Gasteiger partial charge in [0.2, 0.25) is 0 Å². The van der Waals surface area contributed by atoms with Crippen LogP contribution in [0.25, 0.3) is 10.8 Å². The van der Waals surface area contributed by atoms with E-state index in [0.29, 0.717) is 28.4 Å². The highest BCUT2D eigenvalue weighted by atomic mass is 16.6. The van der Waals surface area contributed by atoms with Gasteiger partial charge in [0.25, 0.3) is 5.91 Å². The first-order valence-corrected chi connectivity index (χ1v) is 9.33. The maximum atomic E-state index is 12.6. The number of hydrogen-bond donors (Lipinski definition) is 1. The molecular weight excluding hydrogens is 400 g/mol. The zero-order valence-corrected chi connectivity index (χ0v) is 17.4. The molecule has 1 amide bonds. The van der Waals surface area contributed by atoms with Gasteiger partial charge in [-0.3, -0.25) is 4.79 Å². The van der Waals surface area contributed by atoms with E-state index in [9.17, 15) is 9.59 Å². The lowest BCUT2D eigenvalue weighted by atomic mass is 10.1. The molecule has 31 heavy (non-hydrogen) atoms. The standard InChI is InChI=1S/C23H22N2O6/c1-28-20-12-17-7-5-4-6-16(17)11-18(20)23(27)25-24-13-15-8-9-19(21(10-15)29-2)31-14-22(26)30-3/h4-13H,14H2,1-3H3,(H,25,27)/b24-13-. The highest BCUT2D eigenvalue weighted by Gasteiger charge is 2.13. The zero-order valence-electron chi connectivity index (χ0n) is 17.4. The van der Waals surface area contributed by atoms with Gasteiger partial charge in [0.15, 0.2) is 18.1 Å². The topological polar surface area (TPSA) is 95.5 Å². The minimum atomic E-state index is -0.500. The van der Waals surface area contributed by atoms with Gasteiger partial charge in [0.1, 0.15) is 5.75 Å². The summed E-state index contributed by atoms with van der Waals surface area (Å²) in [6.45, 7) is -0.232. The summed E-state index contributed by atoms with van der Waals surface area (Å²) in [6, 6.07) is 16.3. The van der Waals surface area contributed by atoms with E-state index in [1.54, 1.807) is 24.3 Å². The molecule has 0 radical (unpaired) electrons. The molecule has 0 heterocycles. The lowest BCUT2D eigenvalue weighted by Crippen LogP contribution is -2.18. The molecule has 0 saturated heterocycles. The summed E-state index contributed by atoms with van der Waals surface area (Å²) in [4.78, 5) is 23.9. The minimum Gasteiger partial charge on any atom is -0.496 e. The Balaban J connectivity index is 1.72. The van der Waals surface area contributed by atoms with Gasteiger partial charge < -0.3 is 18.9 Å². The van der Waals surface area contributed by atoms with E-state index in [-0.39, 0.29) is 6.61 Å². The summed E-state index contributed by atoms with van der Waals surface area (Å²) in [5, 5.41) is 5.91. The Morgan fingerprint density at radius 1 is 0.903 bits per heavy atom. The summed E-state index contributed by atoms with van der Waals surface area (Å²) in [7, 11) is 4.28. The predicted molar refractivity (Wildman–Crippen MR) is 116 cm³/mol. The Hall–Kier alpha value is -4.07. The van der Waals surface area contributed by atoms with Crippen LogP contribution in [-0.2, 0) is 9.53 Å². The minimum absolute atomic E-state index is 0.232. The molecule has 0 bridgehead atoms. The predicted octanol–water partition coefficient (Wildman–Crippen LogP) is 3.17. The van der Waals surface area contributed by atoms with E-state index in [2.05, 4.69) is 15.3 Å². The molecule has 3 aromatic carbocycles. The van der Waals surface area contributed by atoms with E-state index in [1.807, 2.05) is 30.3 Å². The molecule has 0 aliphatic carbocycles. The van der Waals surface area contributed by atoms with Crippen LogP contribution in [0.1, 0.15) is 15.9 Å². The number of nitrogens with one attached hydrogen (secondary N) is 1. The molecular formula is C23H22N2O6. The fraction of sp³-hybridized carbons (Fsp3) is 0.174. The number of nitrogens with zero attached hydrogens (tertiary/aromatic N) is 1. The number of carbonyl (C=O) groups is 2. The largest absolute Gasteiger partial charge is 0.496 e. The van der Waals surface area contributed by atoms with Gasteiger partial charge >= 0.3 is 5.97 Å². The van der Waals surface area contributed by atoms with E-state index >= 15 is 0 Å². The van der Waals surface area contributed by atoms with E-state index in [0.717, 1.165) is 10.8 Å². The van der Waals surface area contributed by atoms with Gasteiger partial charge in [0, 0.05) is 0 Å². The maximum Gasteiger partial charge on any atom is 0.343 e. The number of amides is 1. The van der Waals surface area contributed by atoms with Gasteiger partial charge in [-0.25, -0.2) is 10.2 Å². The second kappa shape index (κ2) is 10.1. The third kappa shape index (κ3) is 5.30. The molecule has 3 rings (SSSR count). The molecule has 0 aliphatic heterocycles. The van der Waals surface area contributed by atoms with Gasteiger partial charge in [0.05, 0.1) is 33.1 Å². The third-order valence-corrected chi connectivity index (χ3v) is 4.45. The Kier molecular flexibility index (Phi) is 7.05. The first-order valence-electron chi connectivity index (χ1n) is 9.33. The first kappa shape index (κ1) is 21.6. The van der Waals surface area contributed by atoms with Crippen molar-refractivity contribution in [2.24, 2.45) is 5.10 Å². The molecule has 0 aliphatic rings. The number of fused-ring (bicyclic) bond motifs is 1. The average Bonchev–Trinajstić information content (AvgIpc) is 2.81. The van der Waals surface area contributed by atoms with Crippen molar-refractivity contribution in [3.8, 4) is 17.2 Å². The number of hydrazone groups is 1. The molecule has 0 aromatic heterocycles. The lowest BCUT2D eigenvalue weighted by molar-refractivity contribution is -0.142. The van der Waals surface area contributed by atoms with Crippen LogP contribution in [0, 0.1) is 0 Å². The number of carbonyl (C=O) groups excluding carboxylic acids is 2. The fourth-order valence-electron chi connectivity index (χ4n) is 2.87. The molecule has 1 N–H and O–H groups in total. The summed E-state index contributed by atoms with van der Waals surface area (Å²) in [5.74, 6) is 0.355. The van der Waals surface area contributed by atoms with Crippen LogP contribution in [-0.4, -0.2) is 46.0 Å². The monoisotopic (exact) mass is 422 g/mol. The Morgan fingerprint density at radius 3 is 2.29 bits per heavy atom.